The Bertz CT molecular complexity index is 1180. The first-order valence-corrected chi connectivity index (χ1v) is 8.72. The summed E-state index contributed by atoms with van der Waals surface area (Å²) in [5.74, 6) is 1.61. The molecule has 0 spiro atoms. The van der Waals surface area contributed by atoms with Crippen LogP contribution in [0.4, 0.5) is 5.69 Å². The maximum absolute atomic E-state index is 9.72. The van der Waals surface area contributed by atoms with Crippen LogP contribution in [0, 0.1) is 0 Å². The van der Waals surface area contributed by atoms with Gasteiger partial charge in [-0.3, -0.25) is 0 Å². The minimum atomic E-state index is 0.162. The van der Waals surface area contributed by atoms with Crippen molar-refractivity contribution in [2.24, 2.45) is 4.99 Å². The van der Waals surface area contributed by atoms with Crippen LogP contribution in [0.2, 0.25) is 5.02 Å². The van der Waals surface area contributed by atoms with Crippen LogP contribution < -0.4 is 10.1 Å². The van der Waals surface area contributed by atoms with Crippen LogP contribution in [-0.4, -0.2) is 12.2 Å². The van der Waals surface area contributed by atoms with Crippen LogP contribution in [0.15, 0.2) is 82.2 Å². The first-order chi connectivity index (χ1) is 13.1. The number of aromatic hydroxyl groups is 1. The van der Waals surface area contributed by atoms with Crippen LogP contribution in [-0.2, 0) is 0 Å². The number of hydrogen-bond acceptors (Lipinski definition) is 4. The van der Waals surface area contributed by atoms with Crippen molar-refractivity contribution < 1.29 is 14.3 Å². The zero-order chi connectivity index (χ0) is 18.8. The van der Waals surface area contributed by atoms with E-state index >= 15 is 0 Å². The molecule has 0 radical (unpaired) electrons. The van der Waals surface area contributed by atoms with Crippen molar-refractivity contribution in [3.8, 4) is 22.8 Å². The monoisotopic (exact) mass is 377 g/mol. The van der Waals surface area contributed by atoms with E-state index in [1.54, 1.807) is 31.4 Å². The molecule has 0 atom stereocenters. The van der Waals surface area contributed by atoms with Gasteiger partial charge in [0.25, 0.3) is 0 Å². The van der Waals surface area contributed by atoms with Crippen molar-refractivity contribution in [2.45, 2.75) is 0 Å². The topological polar surface area (TPSA) is 55.0 Å². The van der Waals surface area contributed by atoms with Crippen molar-refractivity contribution in [1.82, 2.24) is 0 Å². The minimum Gasteiger partial charge on any atom is -0.508 e. The van der Waals surface area contributed by atoms with E-state index in [9.17, 15) is 5.11 Å². The second kappa shape index (κ2) is 7.17. The van der Waals surface area contributed by atoms with Crippen molar-refractivity contribution in [2.75, 3.05) is 7.11 Å². The molecule has 4 rings (SSSR count). The molecule has 1 aromatic heterocycles. The first kappa shape index (κ1) is 17.2. The van der Waals surface area contributed by atoms with Crippen molar-refractivity contribution in [3.05, 3.63) is 83.2 Å². The molecule has 0 bridgehead atoms. The Morgan fingerprint density at radius 3 is 2.52 bits per heavy atom. The lowest BCUT2D eigenvalue weighted by molar-refractivity contribution is 0.415. The van der Waals surface area contributed by atoms with Gasteiger partial charge >= 0.3 is 0 Å². The highest BCUT2D eigenvalue weighted by Gasteiger charge is 2.07. The Kier molecular flexibility index (Phi) is 4.57. The third-order valence-electron chi connectivity index (χ3n) is 4.16. The molecule has 4 nitrogen and oxygen atoms in total. The van der Waals surface area contributed by atoms with Gasteiger partial charge in [0.1, 0.15) is 22.8 Å². The Morgan fingerprint density at radius 1 is 0.963 bits per heavy atom. The molecule has 0 unspecified atom stereocenters. The SMILES string of the molecule is COc1ccc(-c2cc(=Nc3cccc(O)c3)c3cc(Cl)ccc3o2)cc1. The summed E-state index contributed by atoms with van der Waals surface area (Å²) < 4.78 is 11.3. The van der Waals surface area contributed by atoms with E-state index in [0.717, 1.165) is 16.7 Å². The summed E-state index contributed by atoms with van der Waals surface area (Å²) in [6.45, 7) is 0. The number of phenolic OH excluding ortho intramolecular Hbond substituents is 1. The van der Waals surface area contributed by atoms with E-state index in [4.69, 9.17) is 20.8 Å². The fraction of sp³-hybridized carbons (Fsp3) is 0.0455. The minimum absolute atomic E-state index is 0.162. The Labute approximate surface area is 161 Å². The van der Waals surface area contributed by atoms with Gasteiger partial charge in [-0.25, -0.2) is 4.99 Å². The Balaban J connectivity index is 1.96. The summed E-state index contributed by atoms with van der Waals surface area (Å²) in [7, 11) is 1.63. The standard InChI is InChI=1S/C22H16ClNO3/c1-26-18-8-5-14(6-9-18)22-13-20(24-16-3-2-4-17(25)12-16)19-11-15(23)7-10-21(19)27-22/h2-13,25H,1H3. The van der Waals surface area contributed by atoms with Crippen molar-refractivity contribution in [3.63, 3.8) is 0 Å². The summed E-state index contributed by atoms with van der Waals surface area (Å²) in [4.78, 5) is 4.69. The van der Waals surface area contributed by atoms with Crippen LogP contribution in [0.25, 0.3) is 22.3 Å². The molecule has 0 saturated carbocycles. The lowest BCUT2D eigenvalue weighted by Crippen LogP contribution is -2.03. The second-order valence-corrected chi connectivity index (χ2v) is 6.43. The maximum atomic E-state index is 9.72. The van der Waals surface area contributed by atoms with Gasteiger partial charge in [-0.15, -0.1) is 0 Å². The lowest BCUT2D eigenvalue weighted by atomic mass is 10.1. The molecule has 3 aromatic carbocycles. The molecule has 0 aliphatic heterocycles. The molecule has 1 heterocycles. The van der Waals surface area contributed by atoms with Gasteiger partial charge in [0.2, 0.25) is 0 Å². The van der Waals surface area contributed by atoms with Crippen LogP contribution in [0.1, 0.15) is 0 Å². The third-order valence-corrected chi connectivity index (χ3v) is 4.39. The van der Waals surface area contributed by atoms with Crippen LogP contribution >= 0.6 is 11.6 Å². The van der Waals surface area contributed by atoms with E-state index in [-0.39, 0.29) is 5.75 Å². The number of hydrogen-bond donors (Lipinski definition) is 1. The predicted molar refractivity (Wildman–Crippen MR) is 107 cm³/mol. The summed E-state index contributed by atoms with van der Waals surface area (Å²) in [5, 5.41) is 11.8. The van der Waals surface area contributed by atoms with E-state index < -0.39 is 0 Å². The molecule has 27 heavy (non-hydrogen) atoms. The van der Waals surface area contributed by atoms with E-state index in [1.807, 2.05) is 48.5 Å². The van der Waals surface area contributed by atoms with E-state index in [0.29, 0.717) is 27.4 Å². The molecule has 0 aliphatic rings. The number of methoxy groups -OCH3 is 1. The highest BCUT2D eigenvalue weighted by atomic mass is 35.5. The van der Waals surface area contributed by atoms with Gasteiger partial charge in [-0.2, -0.15) is 0 Å². The summed E-state index contributed by atoms with van der Waals surface area (Å²) in [5.41, 5.74) is 2.22. The fourth-order valence-corrected chi connectivity index (χ4v) is 3.01. The lowest BCUT2D eigenvalue weighted by Gasteiger charge is -2.07. The van der Waals surface area contributed by atoms with Gasteiger partial charge in [0.15, 0.2) is 0 Å². The Hall–Kier alpha value is -3.24. The number of rotatable bonds is 3. The third kappa shape index (κ3) is 3.66. The zero-order valence-electron chi connectivity index (χ0n) is 14.5. The predicted octanol–water partition coefficient (Wildman–Crippen LogP) is 5.70. The van der Waals surface area contributed by atoms with Crippen molar-refractivity contribution >= 4 is 28.3 Å². The number of benzene rings is 3. The van der Waals surface area contributed by atoms with Gasteiger partial charge < -0.3 is 14.3 Å². The molecular formula is C22H16ClNO3. The molecule has 1 N–H and O–H groups in total. The van der Waals surface area contributed by atoms with E-state index in [1.165, 1.54) is 0 Å². The normalized spacial score (nSPS) is 11.7. The van der Waals surface area contributed by atoms with Crippen LogP contribution in [0.3, 0.4) is 0 Å². The summed E-state index contributed by atoms with van der Waals surface area (Å²) in [6, 6.07) is 21.7. The highest BCUT2D eigenvalue weighted by Crippen LogP contribution is 2.26. The second-order valence-electron chi connectivity index (χ2n) is 6.00. The molecule has 0 fully saturated rings. The van der Waals surface area contributed by atoms with E-state index in [2.05, 4.69) is 4.99 Å². The largest absolute Gasteiger partial charge is 0.508 e. The molecule has 0 amide bonds. The zero-order valence-corrected chi connectivity index (χ0v) is 15.3. The van der Waals surface area contributed by atoms with Gasteiger partial charge in [-0.1, -0.05) is 17.7 Å². The molecule has 5 heteroatoms. The number of halogens is 1. The molecule has 0 aliphatic carbocycles. The Morgan fingerprint density at radius 2 is 1.78 bits per heavy atom. The number of phenols is 1. The average Bonchev–Trinajstić information content (AvgIpc) is 2.68. The smallest absolute Gasteiger partial charge is 0.136 e. The first-order valence-electron chi connectivity index (χ1n) is 8.34. The molecule has 4 aromatic rings. The summed E-state index contributed by atoms with van der Waals surface area (Å²) in [6.07, 6.45) is 0. The number of fused-ring (bicyclic) bond motifs is 1. The average molecular weight is 378 g/mol. The van der Waals surface area contributed by atoms with Gasteiger partial charge in [-0.05, 0) is 54.6 Å². The fourth-order valence-electron chi connectivity index (χ4n) is 2.83. The molecular weight excluding hydrogens is 362 g/mol. The molecule has 134 valence electrons. The molecule has 0 saturated heterocycles. The number of nitrogens with zero attached hydrogens (tertiary/aromatic N) is 1. The number of ether oxygens (including phenoxy) is 1. The van der Waals surface area contributed by atoms with Gasteiger partial charge in [0, 0.05) is 28.1 Å². The van der Waals surface area contributed by atoms with Crippen LogP contribution in [0.5, 0.6) is 11.5 Å². The highest BCUT2D eigenvalue weighted by molar-refractivity contribution is 6.31. The summed E-state index contributed by atoms with van der Waals surface area (Å²) >= 11 is 6.17. The quantitative estimate of drug-likeness (QED) is 0.498. The maximum Gasteiger partial charge on any atom is 0.136 e. The van der Waals surface area contributed by atoms with Crippen molar-refractivity contribution in [1.29, 1.82) is 0 Å². The van der Waals surface area contributed by atoms with Gasteiger partial charge in [0.05, 0.1) is 18.2 Å².